The third-order valence-electron chi connectivity index (χ3n) is 7.39. The van der Waals surface area contributed by atoms with Gasteiger partial charge in [-0.3, -0.25) is 33.6 Å². The Labute approximate surface area is 263 Å². The van der Waals surface area contributed by atoms with E-state index in [1.54, 1.807) is 0 Å². The Kier molecular flexibility index (Phi) is 14.4. The Bertz CT molecular complexity index is 1260. The highest BCUT2D eigenvalue weighted by Crippen LogP contribution is 2.22. The fourth-order valence-corrected chi connectivity index (χ4v) is 4.96. The van der Waals surface area contributed by atoms with Gasteiger partial charge >= 0.3 is 5.97 Å². The molecular formula is C28H39N5O11S. The van der Waals surface area contributed by atoms with Crippen LogP contribution in [0.5, 0.6) is 5.75 Å². The number of nitrogens with two attached hydrogens (primary N) is 2. The van der Waals surface area contributed by atoms with Gasteiger partial charge in [-0.05, 0) is 37.0 Å². The number of carbonyl (C=O) groups is 7. The van der Waals surface area contributed by atoms with Crippen LogP contribution in [0.25, 0.3) is 0 Å². The van der Waals surface area contributed by atoms with Crippen molar-refractivity contribution < 1.29 is 54.0 Å². The zero-order valence-corrected chi connectivity index (χ0v) is 25.2. The number of carbonyl (C=O) groups excluding carboxylic acids is 6. The number of nitrogens with one attached hydrogen (secondary N) is 2. The molecule has 4 amide bonds. The maximum absolute atomic E-state index is 13.1. The maximum atomic E-state index is 13.1. The zero-order valence-electron chi connectivity index (χ0n) is 24.3. The van der Waals surface area contributed by atoms with Crippen LogP contribution in [0.15, 0.2) is 24.3 Å². The average Bonchev–Trinajstić information content (AvgIpc) is 3.50. The second kappa shape index (κ2) is 17.4. The third kappa shape index (κ3) is 10.8. The number of rotatable bonds is 18. The Morgan fingerprint density at radius 2 is 1.64 bits per heavy atom. The summed E-state index contributed by atoms with van der Waals surface area (Å²) in [6, 6.07) is 1.92. The third-order valence-corrected chi connectivity index (χ3v) is 7.93. The molecule has 248 valence electrons. The van der Waals surface area contributed by atoms with Crippen molar-refractivity contribution >= 4 is 53.8 Å². The molecule has 0 unspecified atom stereocenters. The van der Waals surface area contributed by atoms with Crippen molar-refractivity contribution in [1.82, 2.24) is 15.5 Å². The number of likely N-dealkylation sites (tertiary alicyclic amines) is 1. The van der Waals surface area contributed by atoms with Gasteiger partial charge in [0.05, 0.1) is 31.7 Å². The molecule has 10 N–H and O–H groups in total. The predicted octanol–water partition coefficient (Wildman–Crippen LogP) is -3.14. The fourth-order valence-electron chi connectivity index (χ4n) is 4.80. The quantitative estimate of drug-likeness (QED) is 0.0711. The van der Waals surface area contributed by atoms with E-state index in [0.717, 1.165) is 0 Å². The zero-order chi connectivity index (χ0) is 33.8. The van der Waals surface area contributed by atoms with E-state index >= 15 is 0 Å². The highest BCUT2D eigenvalue weighted by Gasteiger charge is 2.39. The van der Waals surface area contributed by atoms with Crippen LogP contribution in [0.2, 0.25) is 0 Å². The molecule has 1 aromatic rings. The number of aliphatic carboxylic acids is 1. The molecule has 1 fully saturated rings. The van der Waals surface area contributed by atoms with E-state index in [2.05, 4.69) is 23.3 Å². The Morgan fingerprint density at radius 1 is 1.00 bits per heavy atom. The molecule has 0 bridgehead atoms. The molecule has 0 aliphatic carbocycles. The number of phenolic OH excluding ortho intramolecular Hbond substituents is 1. The lowest BCUT2D eigenvalue weighted by Gasteiger charge is -2.28. The van der Waals surface area contributed by atoms with Gasteiger partial charge in [0.1, 0.15) is 23.1 Å². The SMILES string of the molecule is NC(=O)[C@H](CO)NC(=O)[C@@H](CC(=O)CNC(=O)[C@@H]1CCCN1C(=O)[C@H](CO)CC(=O)[C@@H](N)[C@H](S)C(=O)O)Cc1ccc(O)cc1. The number of carboxylic acids is 1. The summed E-state index contributed by atoms with van der Waals surface area (Å²) in [5.74, 6) is -8.25. The summed E-state index contributed by atoms with van der Waals surface area (Å²) < 4.78 is 0. The number of aromatic hydroxyl groups is 1. The van der Waals surface area contributed by atoms with Gasteiger partial charge in [-0.15, -0.1) is 0 Å². The largest absolute Gasteiger partial charge is 0.508 e. The highest BCUT2D eigenvalue weighted by atomic mass is 32.1. The van der Waals surface area contributed by atoms with E-state index in [9.17, 15) is 48.9 Å². The number of benzene rings is 1. The minimum atomic E-state index is -1.53. The second-order valence-corrected chi connectivity index (χ2v) is 11.3. The van der Waals surface area contributed by atoms with E-state index < -0.39 is 103 Å². The molecule has 0 aromatic heterocycles. The molecule has 16 nitrogen and oxygen atoms in total. The van der Waals surface area contributed by atoms with Gasteiger partial charge in [0, 0.05) is 25.3 Å². The molecule has 1 aliphatic heterocycles. The second-order valence-electron chi connectivity index (χ2n) is 10.7. The molecule has 1 heterocycles. The molecule has 45 heavy (non-hydrogen) atoms. The first-order valence-electron chi connectivity index (χ1n) is 14.1. The number of carboxylic acid groups (broad SMARTS) is 1. The van der Waals surface area contributed by atoms with E-state index in [-0.39, 0.29) is 31.6 Å². The first-order chi connectivity index (χ1) is 21.2. The number of thiol groups is 1. The van der Waals surface area contributed by atoms with Gasteiger partial charge in [0.15, 0.2) is 11.6 Å². The summed E-state index contributed by atoms with van der Waals surface area (Å²) in [6.07, 6.45) is -0.284. The van der Waals surface area contributed by atoms with Crippen LogP contribution in [-0.2, 0) is 40.0 Å². The van der Waals surface area contributed by atoms with Crippen LogP contribution in [0.3, 0.4) is 0 Å². The van der Waals surface area contributed by atoms with Crippen molar-refractivity contribution in [1.29, 1.82) is 0 Å². The molecule has 2 rings (SSSR count). The lowest BCUT2D eigenvalue weighted by molar-refractivity contribution is -0.144. The molecule has 6 atom stereocenters. The monoisotopic (exact) mass is 653 g/mol. The van der Waals surface area contributed by atoms with Crippen molar-refractivity contribution in [3.8, 4) is 5.75 Å². The summed E-state index contributed by atoms with van der Waals surface area (Å²) in [4.78, 5) is 88.1. The Hall–Kier alpha value is -4.06. The molecular weight excluding hydrogens is 614 g/mol. The Balaban J connectivity index is 2.05. The topological polar surface area (TPSA) is 280 Å². The number of aliphatic hydroxyl groups is 2. The number of aliphatic hydroxyl groups excluding tert-OH is 2. The number of phenols is 1. The average molecular weight is 654 g/mol. The molecule has 0 saturated carbocycles. The number of ketones is 2. The fraction of sp³-hybridized carbons (Fsp3) is 0.536. The first-order valence-corrected chi connectivity index (χ1v) is 14.6. The number of primary amides is 1. The number of nitrogens with zero attached hydrogens (tertiary/aromatic N) is 1. The van der Waals surface area contributed by atoms with Gasteiger partial charge in [0.2, 0.25) is 23.6 Å². The van der Waals surface area contributed by atoms with E-state index in [1.165, 1.54) is 29.2 Å². The van der Waals surface area contributed by atoms with E-state index in [1.807, 2.05) is 0 Å². The summed E-state index contributed by atoms with van der Waals surface area (Å²) in [5.41, 5.74) is 11.4. The van der Waals surface area contributed by atoms with Crippen molar-refractivity contribution in [3.63, 3.8) is 0 Å². The minimum absolute atomic E-state index is 0.0129. The van der Waals surface area contributed by atoms with Crippen molar-refractivity contribution in [2.45, 2.75) is 55.5 Å². The van der Waals surface area contributed by atoms with E-state index in [4.69, 9.17) is 16.6 Å². The van der Waals surface area contributed by atoms with Gasteiger partial charge in [-0.25, -0.2) is 0 Å². The van der Waals surface area contributed by atoms with Gasteiger partial charge in [-0.1, -0.05) is 12.1 Å². The lowest BCUT2D eigenvalue weighted by atomic mass is 9.93. The van der Waals surface area contributed by atoms with E-state index in [0.29, 0.717) is 12.0 Å². The summed E-state index contributed by atoms with van der Waals surface area (Å²) in [7, 11) is 0. The summed E-state index contributed by atoms with van der Waals surface area (Å²) in [5, 5.41) is 40.9. The van der Waals surface area contributed by atoms with Crippen molar-refractivity contribution in [3.05, 3.63) is 29.8 Å². The molecule has 0 radical (unpaired) electrons. The Morgan fingerprint density at radius 3 is 2.20 bits per heavy atom. The van der Waals surface area contributed by atoms with Crippen molar-refractivity contribution in [2.24, 2.45) is 23.3 Å². The van der Waals surface area contributed by atoms with Crippen molar-refractivity contribution in [2.75, 3.05) is 26.3 Å². The van der Waals surface area contributed by atoms with Gasteiger partial charge in [0.25, 0.3) is 0 Å². The van der Waals surface area contributed by atoms with Crippen LogP contribution >= 0.6 is 12.6 Å². The van der Waals surface area contributed by atoms with Crippen LogP contribution < -0.4 is 22.1 Å². The summed E-state index contributed by atoms with van der Waals surface area (Å²) in [6.45, 7) is -1.90. The number of amides is 4. The van der Waals surface area contributed by atoms with Crippen LogP contribution in [-0.4, -0.2) is 116 Å². The van der Waals surface area contributed by atoms with Crippen LogP contribution in [0, 0.1) is 11.8 Å². The maximum Gasteiger partial charge on any atom is 0.318 e. The number of Topliss-reactive ketones (excluding diaryl/α,β-unsaturated/α-hetero) is 2. The lowest BCUT2D eigenvalue weighted by Crippen LogP contribution is -2.51. The van der Waals surface area contributed by atoms with Gasteiger partial charge < -0.3 is 47.4 Å². The number of hydrogen-bond acceptors (Lipinski definition) is 12. The highest BCUT2D eigenvalue weighted by molar-refractivity contribution is 7.81. The molecule has 1 aromatic carbocycles. The summed E-state index contributed by atoms with van der Waals surface area (Å²) >= 11 is 3.77. The predicted molar refractivity (Wildman–Crippen MR) is 159 cm³/mol. The standard InChI is InChI=1S/C28H39N5O11S/c29-22(23(45)28(43)44)21(38)10-16(12-34)27(42)33-7-1-2-20(33)26(41)31-11-18(37)9-15(8-14-3-5-17(36)6-4-14)25(40)32-19(13-35)24(30)39/h3-6,15-16,19-20,22-23,34-36,45H,1-2,7-13,29H2,(H2,30,39)(H,31,41)(H,32,40)(H,43,44)/t15-,16+,19+,20+,22-,23+/m1/s1. The van der Waals surface area contributed by atoms with Crippen LogP contribution in [0.1, 0.15) is 31.2 Å². The molecule has 1 saturated heterocycles. The van der Waals surface area contributed by atoms with Gasteiger partial charge in [-0.2, -0.15) is 12.6 Å². The minimum Gasteiger partial charge on any atom is -0.508 e. The normalized spacial score (nSPS) is 17.8. The molecule has 17 heteroatoms. The van der Waals surface area contributed by atoms with Crippen LogP contribution in [0.4, 0.5) is 0 Å². The smallest absolute Gasteiger partial charge is 0.318 e. The first kappa shape index (κ1) is 37.1. The number of hydrogen-bond donors (Lipinski definition) is 9. The molecule has 0 spiro atoms. The molecule has 1 aliphatic rings.